The molecule has 1 atom stereocenters. The number of hydrogen-bond acceptors (Lipinski definition) is 5. The number of hydrogen-bond donors (Lipinski definition) is 3. The van der Waals surface area contributed by atoms with E-state index in [-0.39, 0.29) is 13.3 Å². The zero-order valence-corrected chi connectivity index (χ0v) is 16.7. The number of aliphatic hydroxyl groups excluding tert-OH is 1. The molecule has 1 unspecified atom stereocenters. The average molecular weight is 418 g/mol. The van der Waals surface area contributed by atoms with Gasteiger partial charge >= 0.3 is 0 Å². The van der Waals surface area contributed by atoms with Crippen LogP contribution in [0.4, 0.5) is 0 Å². The minimum atomic E-state index is -1.06. The van der Waals surface area contributed by atoms with Gasteiger partial charge in [0.15, 0.2) is 11.5 Å². The number of carbonyl (C=O) groups excluding carboxylic acids is 2. The maximum absolute atomic E-state index is 12.5. The Morgan fingerprint density at radius 2 is 1.61 bits per heavy atom. The molecule has 158 valence electrons. The molecule has 3 aromatic carbocycles. The first kappa shape index (κ1) is 20.4. The summed E-state index contributed by atoms with van der Waals surface area (Å²) in [5, 5.41) is 14.9. The highest BCUT2D eigenvalue weighted by Crippen LogP contribution is 2.32. The molecule has 4 rings (SSSR count). The van der Waals surface area contributed by atoms with Crippen molar-refractivity contribution in [2.45, 2.75) is 12.6 Å². The quantitative estimate of drug-likeness (QED) is 0.548. The lowest BCUT2D eigenvalue weighted by Crippen LogP contribution is -2.48. The molecule has 1 aliphatic rings. The molecule has 0 bridgehead atoms. The molecule has 1 heterocycles. The van der Waals surface area contributed by atoms with Crippen LogP contribution in [0.1, 0.15) is 15.9 Å². The molecule has 0 radical (unpaired) electrons. The van der Waals surface area contributed by atoms with Crippen LogP contribution in [0.5, 0.6) is 11.5 Å². The third-order valence-electron chi connectivity index (χ3n) is 4.96. The third kappa shape index (κ3) is 4.84. The van der Waals surface area contributed by atoms with E-state index in [4.69, 9.17) is 9.47 Å². The SMILES string of the molecule is O=C(NC(CO)C(=O)NCc1ccc2c(c1)OCO2)c1ccc(-c2ccccc2)cc1. The second kappa shape index (κ2) is 9.32. The van der Waals surface area contributed by atoms with Crippen molar-refractivity contribution < 1.29 is 24.2 Å². The highest BCUT2D eigenvalue weighted by molar-refractivity contribution is 5.98. The van der Waals surface area contributed by atoms with Crippen LogP contribution >= 0.6 is 0 Å². The Labute approximate surface area is 179 Å². The number of rotatable bonds is 7. The average Bonchev–Trinajstić information content (AvgIpc) is 3.29. The maximum atomic E-state index is 12.5. The smallest absolute Gasteiger partial charge is 0.251 e. The van der Waals surface area contributed by atoms with Gasteiger partial charge in [0.2, 0.25) is 12.7 Å². The standard InChI is InChI=1S/C24H22N2O5/c27-14-20(24(29)25-13-16-6-11-21-22(12-16)31-15-30-21)26-23(28)19-9-7-18(8-10-19)17-4-2-1-3-5-17/h1-12,20,27H,13-15H2,(H,25,29)(H,26,28). The number of benzene rings is 3. The summed E-state index contributed by atoms with van der Waals surface area (Å²) in [6.45, 7) is -0.107. The zero-order chi connectivity index (χ0) is 21.6. The molecule has 0 saturated carbocycles. The van der Waals surface area contributed by atoms with Crippen molar-refractivity contribution in [3.63, 3.8) is 0 Å². The van der Waals surface area contributed by atoms with Gasteiger partial charge < -0.3 is 25.2 Å². The summed E-state index contributed by atoms with van der Waals surface area (Å²) in [5.74, 6) is 0.373. The fraction of sp³-hybridized carbons (Fsp3) is 0.167. The van der Waals surface area contributed by atoms with Gasteiger partial charge in [-0.2, -0.15) is 0 Å². The van der Waals surface area contributed by atoms with Crippen molar-refractivity contribution in [2.24, 2.45) is 0 Å². The molecule has 31 heavy (non-hydrogen) atoms. The molecule has 7 heteroatoms. The Morgan fingerprint density at radius 3 is 2.35 bits per heavy atom. The minimum Gasteiger partial charge on any atom is -0.454 e. The van der Waals surface area contributed by atoms with Crippen molar-refractivity contribution in [2.75, 3.05) is 13.4 Å². The second-order valence-corrected chi connectivity index (χ2v) is 7.06. The molecule has 0 aromatic heterocycles. The number of aliphatic hydroxyl groups is 1. The molecule has 3 N–H and O–H groups in total. The number of ether oxygens (including phenoxy) is 2. The van der Waals surface area contributed by atoms with E-state index in [1.165, 1.54) is 0 Å². The van der Waals surface area contributed by atoms with Gasteiger partial charge in [-0.25, -0.2) is 0 Å². The zero-order valence-electron chi connectivity index (χ0n) is 16.7. The van der Waals surface area contributed by atoms with Gasteiger partial charge in [-0.05, 0) is 41.0 Å². The summed E-state index contributed by atoms with van der Waals surface area (Å²) in [4.78, 5) is 25.0. The monoisotopic (exact) mass is 418 g/mol. The van der Waals surface area contributed by atoms with Crippen LogP contribution in [0, 0.1) is 0 Å². The summed E-state index contributed by atoms with van der Waals surface area (Å²) in [6, 6.07) is 21.2. The number of carbonyl (C=O) groups is 2. The summed E-state index contributed by atoms with van der Waals surface area (Å²) in [7, 11) is 0. The van der Waals surface area contributed by atoms with Crippen molar-refractivity contribution in [3.8, 4) is 22.6 Å². The number of nitrogens with one attached hydrogen (secondary N) is 2. The maximum Gasteiger partial charge on any atom is 0.251 e. The highest BCUT2D eigenvalue weighted by atomic mass is 16.7. The fourth-order valence-electron chi connectivity index (χ4n) is 3.24. The van der Waals surface area contributed by atoms with Gasteiger partial charge in [0, 0.05) is 12.1 Å². The van der Waals surface area contributed by atoms with E-state index in [1.807, 2.05) is 48.5 Å². The second-order valence-electron chi connectivity index (χ2n) is 7.06. The fourth-order valence-corrected chi connectivity index (χ4v) is 3.24. The van der Waals surface area contributed by atoms with E-state index >= 15 is 0 Å². The first-order chi connectivity index (χ1) is 15.1. The molecule has 0 spiro atoms. The lowest BCUT2D eigenvalue weighted by Gasteiger charge is -2.16. The first-order valence-electron chi connectivity index (χ1n) is 9.87. The summed E-state index contributed by atoms with van der Waals surface area (Å²) < 4.78 is 10.6. The van der Waals surface area contributed by atoms with Crippen LogP contribution in [0.3, 0.4) is 0 Å². The van der Waals surface area contributed by atoms with E-state index in [2.05, 4.69) is 10.6 Å². The van der Waals surface area contributed by atoms with E-state index in [9.17, 15) is 14.7 Å². The van der Waals surface area contributed by atoms with Gasteiger partial charge in [-0.3, -0.25) is 9.59 Å². The lowest BCUT2D eigenvalue weighted by atomic mass is 10.0. The summed E-state index contributed by atoms with van der Waals surface area (Å²) in [6.07, 6.45) is 0. The summed E-state index contributed by atoms with van der Waals surface area (Å²) in [5.41, 5.74) is 3.25. The van der Waals surface area contributed by atoms with Crippen LogP contribution in [-0.4, -0.2) is 36.4 Å². The van der Waals surface area contributed by atoms with Crippen LogP contribution < -0.4 is 20.1 Å². The lowest BCUT2D eigenvalue weighted by molar-refractivity contribution is -0.124. The normalized spacial score (nSPS) is 12.8. The van der Waals surface area contributed by atoms with E-state index in [0.29, 0.717) is 17.1 Å². The number of amides is 2. The molecule has 0 fully saturated rings. The third-order valence-corrected chi connectivity index (χ3v) is 4.96. The van der Waals surface area contributed by atoms with Crippen LogP contribution in [0.25, 0.3) is 11.1 Å². The molecule has 1 aliphatic heterocycles. The number of fused-ring (bicyclic) bond motifs is 1. The van der Waals surface area contributed by atoms with E-state index < -0.39 is 24.5 Å². The Morgan fingerprint density at radius 1 is 0.903 bits per heavy atom. The first-order valence-corrected chi connectivity index (χ1v) is 9.87. The highest BCUT2D eigenvalue weighted by Gasteiger charge is 2.21. The van der Waals surface area contributed by atoms with Gasteiger partial charge in [-0.15, -0.1) is 0 Å². The molecule has 7 nitrogen and oxygen atoms in total. The van der Waals surface area contributed by atoms with Gasteiger partial charge in [0.25, 0.3) is 5.91 Å². The van der Waals surface area contributed by atoms with Crippen molar-refractivity contribution >= 4 is 11.8 Å². The largest absolute Gasteiger partial charge is 0.454 e. The van der Waals surface area contributed by atoms with Crippen LogP contribution in [-0.2, 0) is 11.3 Å². The van der Waals surface area contributed by atoms with Gasteiger partial charge in [0.1, 0.15) is 6.04 Å². The Hall–Kier alpha value is -3.84. The van der Waals surface area contributed by atoms with Gasteiger partial charge in [0.05, 0.1) is 6.61 Å². The van der Waals surface area contributed by atoms with Crippen molar-refractivity contribution in [1.82, 2.24) is 10.6 Å². The Bertz CT molecular complexity index is 1070. The predicted octanol–water partition coefficient (Wildman–Crippen LogP) is 2.49. The van der Waals surface area contributed by atoms with Crippen LogP contribution in [0.2, 0.25) is 0 Å². The van der Waals surface area contributed by atoms with E-state index in [1.54, 1.807) is 24.3 Å². The molecule has 2 amide bonds. The predicted molar refractivity (Wildman–Crippen MR) is 115 cm³/mol. The van der Waals surface area contributed by atoms with Crippen molar-refractivity contribution in [3.05, 3.63) is 83.9 Å². The van der Waals surface area contributed by atoms with E-state index in [0.717, 1.165) is 16.7 Å². The Kier molecular flexibility index (Phi) is 6.14. The molecule has 0 saturated heterocycles. The van der Waals surface area contributed by atoms with Crippen molar-refractivity contribution in [1.29, 1.82) is 0 Å². The topological polar surface area (TPSA) is 96.9 Å². The van der Waals surface area contributed by atoms with Gasteiger partial charge in [-0.1, -0.05) is 48.5 Å². The molecule has 0 aliphatic carbocycles. The Balaban J connectivity index is 1.34. The van der Waals surface area contributed by atoms with Crippen LogP contribution in [0.15, 0.2) is 72.8 Å². The summed E-state index contributed by atoms with van der Waals surface area (Å²) >= 11 is 0. The minimum absolute atomic E-state index is 0.177. The molecular formula is C24H22N2O5. The molecular weight excluding hydrogens is 396 g/mol. The molecule has 3 aromatic rings.